The molecule has 0 spiro atoms. The summed E-state index contributed by atoms with van der Waals surface area (Å²) in [6.07, 6.45) is 0.719. The number of aliphatic hydroxyl groups excluding tert-OH is 1. The molecule has 0 amide bonds. The first kappa shape index (κ1) is 21.9. The lowest BCUT2D eigenvalue weighted by Crippen LogP contribution is -2.49. The SMILES string of the molecule is COc1ccc(N2CCN(CC(O)COc3ccc(-c4nnco4)cc3)CC2)c(OC)c1. The van der Waals surface area contributed by atoms with Crippen LogP contribution >= 0.6 is 0 Å². The number of anilines is 1. The zero-order chi connectivity index (χ0) is 22.3. The fraction of sp³-hybridized carbons (Fsp3) is 0.391. The van der Waals surface area contributed by atoms with Crippen LogP contribution in [0.1, 0.15) is 0 Å². The van der Waals surface area contributed by atoms with Crippen molar-refractivity contribution < 1.29 is 23.7 Å². The van der Waals surface area contributed by atoms with E-state index in [0.29, 0.717) is 18.2 Å². The molecule has 3 aromatic rings. The van der Waals surface area contributed by atoms with Crippen molar-refractivity contribution in [2.24, 2.45) is 0 Å². The van der Waals surface area contributed by atoms with Crippen LogP contribution in [-0.4, -0.2) is 79.9 Å². The van der Waals surface area contributed by atoms with Crippen molar-refractivity contribution in [3.05, 3.63) is 48.9 Å². The van der Waals surface area contributed by atoms with E-state index in [-0.39, 0.29) is 6.61 Å². The Bertz CT molecular complexity index is 973. The monoisotopic (exact) mass is 440 g/mol. The summed E-state index contributed by atoms with van der Waals surface area (Å²) in [6, 6.07) is 13.2. The molecule has 9 nitrogen and oxygen atoms in total. The lowest BCUT2D eigenvalue weighted by atomic mass is 10.2. The number of benzene rings is 2. The highest BCUT2D eigenvalue weighted by Gasteiger charge is 2.22. The maximum absolute atomic E-state index is 10.4. The van der Waals surface area contributed by atoms with E-state index in [2.05, 4.69) is 20.0 Å². The first-order valence-corrected chi connectivity index (χ1v) is 10.5. The van der Waals surface area contributed by atoms with Gasteiger partial charge in [0.25, 0.3) is 0 Å². The normalized spacial score (nSPS) is 15.4. The summed E-state index contributed by atoms with van der Waals surface area (Å²) in [6.45, 7) is 4.21. The minimum Gasteiger partial charge on any atom is -0.497 e. The van der Waals surface area contributed by atoms with Gasteiger partial charge in [-0.15, -0.1) is 10.2 Å². The van der Waals surface area contributed by atoms with Crippen molar-refractivity contribution in [1.29, 1.82) is 0 Å². The van der Waals surface area contributed by atoms with Gasteiger partial charge in [-0.25, -0.2) is 0 Å². The first-order valence-electron chi connectivity index (χ1n) is 10.5. The highest BCUT2D eigenvalue weighted by atomic mass is 16.5. The van der Waals surface area contributed by atoms with Crippen molar-refractivity contribution in [2.45, 2.75) is 6.10 Å². The fourth-order valence-corrected chi connectivity index (χ4v) is 3.75. The molecule has 1 atom stereocenters. The van der Waals surface area contributed by atoms with Gasteiger partial charge < -0.3 is 28.6 Å². The van der Waals surface area contributed by atoms with Crippen molar-refractivity contribution in [2.75, 3.05) is 58.5 Å². The van der Waals surface area contributed by atoms with Crippen molar-refractivity contribution in [3.8, 4) is 28.7 Å². The predicted octanol–water partition coefficient (Wildman–Crippen LogP) is 2.32. The minimum atomic E-state index is -0.576. The smallest absolute Gasteiger partial charge is 0.247 e. The van der Waals surface area contributed by atoms with Crippen LogP contribution in [0.4, 0.5) is 5.69 Å². The second-order valence-corrected chi connectivity index (χ2v) is 7.56. The number of β-amino-alcohol motifs (C(OH)–C–C–N with tert-alkyl or cyclic N) is 1. The molecule has 32 heavy (non-hydrogen) atoms. The molecule has 0 aliphatic carbocycles. The van der Waals surface area contributed by atoms with E-state index in [0.717, 1.165) is 48.9 Å². The van der Waals surface area contributed by atoms with Crippen LogP contribution < -0.4 is 19.1 Å². The van der Waals surface area contributed by atoms with E-state index in [4.69, 9.17) is 18.6 Å². The van der Waals surface area contributed by atoms with Crippen molar-refractivity contribution in [1.82, 2.24) is 15.1 Å². The summed E-state index contributed by atoms with van der Waals surface area (Å²) < 4.78 is 21.7. The summed E-state index contributed by atoms with van der Waals surface area (Å²) in [5.74, 6) is 2.72. The van der Waals surface area contributed by atoms with Gasteiger partial charge in [-0.2, -0.15) is 0 Å². The molecule has 0 saturated carbocycles. The highest BCUT2D eigenvalue weighted by molar-refractivity contribution is 5.61. The minimum absolute atomic E-state index is 0.229. The number of rotatable bonds is 9. The number of hydrogen-bond donors (Lipinski definition) is 1. The third-order valence-corrected chi connectivity index (χ3v) is 5.47. The van der Waals surface area contributed by atoms with Gasteiger partial charge in [0.1, 0.15) is 30.0 Å². The summed E-state index contributed by atoms with van der Waals surface area (Å²) in [5.41, 5.74) is 1.88. The molecule has 1 saturated heterocycles. The molecule has 1 aromatic heterocycles. The molecule has 1 aliphatic heterocycles. The van der Waals surface area contributed by atoms with Crippen LogP contribution in [0.15, 0.2) is 53.3 Å². The van der Waals surface area contributed by atoms with Crippen molar-refractivity contribution >= 4 is 5.69 Å². The molecule has 0 radical (unpaired) electrons. The Morgan fingerprint density at radius 2 is 1.75 bits per heavy atom. The van der Waals surface area contributed by atoms with Crippen LogP contribution in [0.25, 0.3) is 11.5 Å². The van der Waals surface area contributed by atoms with Gasteiger partial charge >= 0.3 is 0 Å². The van der Waals surface area contributed by atoms with Crippen LogP contribution in [0, 0.1) is 0 Å². The van der Waals surface area contributed by atoms with E-state index in [1.807, 2.05) is 42.5 Å². The quantitative estimate of drug-likeness (QED) is 0.538. The van der Waals surface area contributed by atoms with Crippen molar-refractivity contribution in [3.63, 3.8) is 0 Å². The summed E-state index contributed by atoms with van der Waals surface area (Å²) in [4.78, 5) is 4.54. The average Bonchev–Trinajstić information content (AvgIpc) is 3.38. The largest absolute Gasteiger partial charge is 0.497 e. The number of piperazine rings is 1. The highest BCUT2D eigenvalue weighted by Crippen LogP contribution is 2.32. The van der Waals surface area contributed by atoms with E-state index in [1.165, 1.54) is 6.39 Å². The fourth-order valence-electron chi connectivity index (χ4n) is 3.75. The third-order valence-electron chi connectivity index (χ3n) is 5.47. The van der Waals surface area contributed by atoms with E-state index in [1.54, 1.807) is 14.2 Å². The van der Waals surface area contributed by atoms with Crippen LogP contribution in [-0.2, 0) is 0 Å². The maximum atomic E-state index is 10.4. The summed E-state index contributed by atoms with van der Waals surface area (Å²) in [7, 11) is 3.32. The van der Waals surface area contributed by atoms with Gasteiger partial charge in [0.2, 0.25) is 12.3 Å². The number of aliphatic hydroxyl groups is 1. The van der Waals surface area contributed by atoms with E-state index in [9.17, 15) is 5.11 Å². The second-order valence-electron chi connectivity index (χ2n) is 7.56. The molecule has 4 rings (SSSR count). The predicted molar refractivity (Wildman–Crippen MR) is 119 cm³/mol. The van der Waals surface area contributed by atoms with Gasteiger partial charge in [-0.05, 0) is 36.4 Å². The molecule has 0 bridgehead atoms. The number of aromatic nitrogens is 2. The van der Waals surface area contributed by atoms with Crippen LogP contribution in [0.5, 0.6) is 17.2 Å². The van der Waals surface area contributed by atoms with Gasteiger partial charge in [0.15, 0.2) is 0 Å². The van der Waals surface area contributed by atoms with Gasteiger partial charge in [-0.3, -0.25) is 4.90 Å². The summed E-state index contributed by atoms with van der Waals surface area (Å²) >= 11 is 0. The number of hydrogen-bond acceptors (Lipinski definition) is 9. The Kier molecular flexibility index (Phi) is 7.08. The van der Waals surface area contributed by atoms with E-state index < -0.39 is 6.10 Å². The van der Waals surface area contributed by atoms with E-state index >= 15 is 0 Å². The molecule has 1 unspecified atom stereocenters. The third kappa shape index (κ3) is 5.30. The molecule has 2 aromatic carbocycles. The van der Waals surface area contributed by atoms with Gasteiger partial charge in [0, 0.05) is 44.4 Å². The Morgan fingerprint density at radius 1 is 1.00 bits per heavy atom. The topological polar surface area (TPSA) is 93.3 Å². The van der Waals surface area contributed by atoms with Gasteiger partial charge in [0.05, 0.1) is 19.9 Å². The molecular weight excluding hydrogens is 412 g/mol. The maximum Gasteiger partial charge on any atom is 0.247 e. The molecule has 1 fully saturated rings. The zero-order valence-corrected chi connectivity index (χ0v) is 18.3. The number of nitrogens with zero attached hydrogens (tertiary/aromatic N) is 4. The standard InChI is InChI=1S/C23H28N4O5/c1-29-20-7-8-21(22(13-20)30-2)27-11-9-26(10-12-27)14-18(28)15-31-19-5-3-17(4-6-19)23-25-24-16-32-23/h3-8,13,16,18,28H,9-12,14-15H2,1-2H3. The molecule has 2 heterocycles. The Balaban J connectivity index is 1.23. The molecule has 1 N–H and O–H groups in total. The first-order chi connectivity index (χ1) is 15.7. The second kappa shape index (κ2) is 10.3. The number of ether oxygens (including phenoxy) is 3. The van der Waals surface area contributed by atoms with Crippen LogP contribution in [0.2, 0.25) is 0 Å². The average molecular weight is 441 g/mol. The zero-order valence-electron chi connectivity index (χ0n) is 18.3. The molecule has 170 valence electrons. The van der Waals surface area contributed by atoms with Crippen LogP contribution in [0.3, 0.4) is 0 Å². The van der Waals surface area contributed by atoms with Gasteiger partial charge in [-0.1, -0.05) is 0 Å². The molecular formula is C23H28N4O5. The lowest BCUT2D eigenvalue weighted by Gasteiger charge is -2.37. The Morgan fingerprint density at radius 3 is 2.41 bits per heavy atom. The molecule has 9 heteroatoms. The Hall–Kier alpha value is -3.30. The number of methoxy groups -OCH3 is 2. The lowest BCUT2D eigenvalue weighted by molar-refractivity contribution is 0.0663. The summed E-state index contributed by atoms with van der Waals surface area (Å²) in [5, 5.41) is 18.0. The molecule has 1 aliphatic rings. The Labute approximate surface area is 187 Å².